The van der Waals surface area contributed by atoms with Gasteiger partial charge in [0.15, 0.2) is 11.6 Å². The molecule has 0 N–H and O–H groups in total. The maximum atomic E-state index is 12.8. The van der Waals surface area contributed by atoms with Crippen LogP contribution >= 0.6 is 11.6 Å². The van der Waals surface area contributed by atoms with Crippen LogP contribution in [0.4, 0.5) is 0 Å². The number of ketones is 2. The number of fused-ring (bicyclic) bond motifs is 2. The van der Waals surface area contributed by atoms with Crippen LogP contribution in [0.15, 0.2) is 54.6 Å². The third kappa shape index (κ3) is 1.54. The molecule has 0 aliphatic heterocycles. The molecule has 2 nitrogen and oxygen atoms in total. The van der Waals surface area contributed by atoms with E-state index in [4.69, 9.17) is 11.6 Å². The summed E-state index contributed by atoms with van der Waals surface area (Å²) in [5.74, 6) is -0.584. The fraction of sp³-hybridized carbons (Fsp3) is 0.222. The summed E-state index contributed by atoms with van der Waals surface area (Å²) in [6, 6.07) is 16.8. The molecule has 2 aromatic rings. The van der Waals surface area contributed by atoms with Crippen LogP contribution < -0.4 is 0 Å². The van der Waals surface area contributed by atoms with Gasteiger partial charge < -0.3 is 0 Å². The minimum atomic E-state index is -1.10. The number of benzene rings is 2. The second-order valence-electron chi connectivity index (χ2n) is 5.76. The van der Waals surface area contributed by atoms with Crippen molar-refractivity contribution >= 4 is 23.2 Å². The van der Waals surface area contributed by atoms with Crippen molar-refractivity contribution in [3.05, 3.63) is 71.3 Å². The van der Waals surface area contributed by atoms with E-state index in [2.05, 4.69) is 0 Å². The molecule has 21 heavy (non-hydrogen) atoms. The topological polar surface area (TPSA) is 34.1 Å². The van der Waals surface area contributed by atoms with E-state index in [1.807, 2.05) is 30.3 Å². The lowest BCUT2D eigenvalue weighted by Gasteiger charge is -2.52. The number of Topliss-reactive ketones (excluding diaryl/α,β-unsaturated/α-hetero) is 2. The summed E-state index contributed by atoms with van der Waals surface area (Å²) < 4.78 is 0. The van der Waals surface area contributed by atoms with Crippen LogP contribution in [0.25, 0.3) is 0 Å². The van der Waals surface area contributed by atoms with Gasteiger partial charge in [-0.3, -0.25) is 9.59 Å². The fourth-order valence-corrected chi connectivity index (χ4v) is 4.13. The smallest absolute Gasteiger partial charge is 0.185 e. The number of carbonyl (C=O) groups excluding carboxylic acids is 2. The second kappa shape index (κ2) is 4.28. The molecule has 0 amide bonds. The van der Waals surface area contributed by atoms with Gasteiger partial charge in [-0.25, -0.2) is 0 Å². The van der Waals surface area contributed by atoms with Crippen LogP contribution in [0.1, 0.15) is 38.6 Å². The van der Waals surface area contributed by atoms with Gasteiger partial charge in [0, 0.05) is 17.0 Å². The molecule has 0 radical (unpaired) electrons. The van der Waals surface area contributed by atoms with Gasteiger partial charge in [-0.1, -0.05) is 54.6 Å². The van der Waals surface area contributed by atoms with Crippen LogP contribution in [-0.2, 0) is 0 Å². The molecule has 0 spiro atoms. The van der Waals surface area contributed by atoms with Gasteiger partial charge in [0.2, 0.25) is 0 Å². The maximum Gasteiger partial charge on any atom is 0.185 e. The van der Waals surface area contributed by atoms with Gasteiger partial charge in [-0.05, 0) is 12.0 Å². The lowest BCUT2D eigenvalue weighted by molar-refractivity contribution is 0.0578. The molecule has 0 saturated heterocycles. The molecule has 0 heterocycles. The van der Waals surface area contributed by atoms with Crippen molar-refractivity contribution in [1.29, 1.82) is 0 Å². The van der Waals surface area contributed by atoms with Crippen molar-refractivity contribution in [2.75, 3.05) is 0 Å². The average Bonchev–Trinajstić information content (AvgIpc) is 2.52. The first-order valence-corrected chi connectivity index (χ1v) is 7.43. The lowest BCUT2D eigenvalue weighted by Crippen LogP contribution is -2.61. The highest BCUT2D eigenvalue weighted by molar-refractivity contribution is 6.44. The zero-order valence-corrected chi connectivity index (χ0v) is 12.0. The third-order valence-corrected chi connectivity index (χ3v) is 5.49. The summed E-state index contributed by atoms with van der Waals surface area (Å²) in [4.78, 5) is 24.3. The number of hydrogen-bond donors (Lipinski definition) is 0. The standard InChI is InChI=1S/C18H13ClO2/c19-18-14(11-6-2-1-3-7-11)10-15(18)16(20)12-8-4-5-9-13(12)17(18)21/h1-9,14-15H,10H2/t14-,15-,18+/m1/s1. The molecule has 0 unspecified atom stereocenters. The van der Waals surface area contributed by atoms with Crippen LogP contribution in [0.3, 0.4) is 0 Å². The van der Waals surface area contributed by atoms with Crippen molar-refractivity contribution in [3.63, 3.8) is 0 Å². The quantitative estimate of drug-likeness (QED) is 0.749. The molecule has 1 fully saturated rings. The summed E-state index contributed by atoms with van der Waals surface area (Å²) in [5.41, 5.74) is 2.02. The first-order valence-electron chi connectivity index (χ1n) is 7.06. The minimum absolute atomic E-state index is 0.00683. The summed E-state index contributed by atoms with van der Waals surface area (Å²) in [6.45, 7) is 0. The van der Waals surface area contributed by atoms with Crippen molar-refractivity contribution in [2.24, 2.45) is 5.92 Å². The Kier molecular flexibility index (Phi) is 2.61. The maximum absolute atomic E-state index is 12.8. The summed E-state index contributed by atoms with van der Waals surface area (Å²) in [5, 5.41) is 0. The van der Waals surface area contributed by atoms with E-state index in [-0.39, 0.29) is 17.5 Å². The van der Waals surface area contributed by atoms with Gasteiger partial charge in [0.05, 0.1) is 5.92 Å². The monoisotopic (exact) mass is 296 g/mol. The highest BCUT2D eigenvalue weighted by atomic mass is 35.5. The Morgan fingerprint density at radius 3 is 2.19 bits per heavy atom. The molecule has 3 atom stereocenters. The lowest BCUT2D eigenvalue weighted by atomic mass is 9.54. The predicted octanol–water partition coefficient (Wildman–Crippen LogP) is 3.85. The molecular weight excluding hydrogens is 284 g/mol. The van der Waals surface area contributed by atoms with E-state index in [1.165, 1.54) is 0 Å². The molecule has 3 heteroatoms. The van der Waals surface area contributed by atoms with Crippen LogP contribution in [0.5, 0.6) is 0 Å². The van der Waals surface area contributed by atoms with Gasteiger partial charge in [0.25, 0.3) is 0 Å². The average molecular weight is 297 g/mol. The van der Waals surface area contributed by atoms with Crippen molar-refractivity contribution in [2.45, 2.75) is 17.2 Å². The highest BCUT2D eigenvalue weighted by Gasteiger charge is 2.64. The largest absolute Gasteiger partial charge is 0.294 e. The van der Waals surface area contributed by atoms with Crippen molar-refractivity contribution < 1.29 is 9.59 Å². The van der Waals surface area contributed by atoms with Crippen LogP contribution in [0.2, 0.25) is 0 Å². The molecular formula is C18H13ClO2. The molecule has 0 bridgehead atoms. The number of rotatable bonds is 1. The molecule has 2 aromatic carbocycles. The molecule has 2 aliphatic carbocycles. The first kappa shape index (κ1) is 12.8. The van der Waals surface area contributed by atoms with E-state index in [0.29, 0.717) is 17.5 Å². The zero-order chi connectivity index (χ0) is 14.6. The number of alkyl halides is 1. The molecule has 0 aromatic heterocycles. The predicted molar refractivity (Wildman–Crippen MR) is 81.0 cm³/mol. The highest BCUT2D eigenvalue weighted by Crippen LogP contribution is 2.59. The molecule has 4 rings (SSSR count). The second-order valence-corrected chi connectivity index (χ2v) is 6.38. The number of halogens is 1. The van der Waals surface area contributed by atoms with Gasteiger partial charge in [-0.2, -0.15) is 0 Å². The van der Waals surface area contributed by atoms with Crippen LogP contribution in [0, 0.1) is 5.92 Å². The van der Waals surface area contributed by atoms with Crippen molar-refractivity contribution in [3.8, 4) is 0 Å². The van der Waals surface area contributed by atoms with Crippen molar-refractivity contribution in [1.82, 2.24) is 0 Å². The van der Waals surface area contributed by atoms with E-state index in [1.54, 1.807) is 24.3 Å². The van der Waals surface area contributed by atoms with Gasteiger partial charge in [-0.15, -0.1) is 11.6 Å². The Morgan fingerprint density at radius 2 is 1.48 bits per heavy atom. The minimum Gasteiger partial charge on any atom is -0.294 e. The molecule has 1 saturated carbocycles. The zero-order valence-electron chi connectivity index (χ0n) is 11.3. The van der Waals surface area contributed by atoms with Gasteiger partial charge in [0.1, 0.15) is 4.87 Å². The third-order valence-electron chi connectivity index (χ3n) is 4.79. The van der Waals surface area contributed by atoms with Gasteiger partial charge >= 0.3 is 0 Å². The fourth-order valence-electron chi connectivity index (χ4n) is 3.63. The Balaban J connectivity index is 1.83. The number of hydrogen-bond acceptors (Lipinski definition) is 2. The summed E-state index contributed by atoms with van der Waals surface area (Å²) >= 11 is 6.71. The number of carbonyl (C=O) groups is 2. The van der Waals surface area contributed by atoms with Crippen LogP contribution in [-0.4, -0.2) is 16.4 Å². The van der Waals surface area contributed by atoms with E-state index >= 15 is 0 Å². The summed E-state index contributed by atoms with van der Waals surface area (Å²) in [7, 11) is 0. The van der Waals surface area contributed by atoms with E-state index < -0.39 is 10.8 Å². The molecule has 104 valence electrons. The Hall–Kier alpha value is -1.93. The SMILES string of the molecule is O=C1c2ccccc2C(=O)[C@@]2(Cl)[C@@H]1C[C@@H]2c1ccccc1. The normalized spacial score (nSPS) is 30.3. The Labute approximate surface area is 127 Å². The Bertz CT molecular complexity index is 753. The first-order chi connectivity index (χ1) is 10.1. The molecule has 2 aliphatic rings. The summed E-state index contributed by atoms with van der Waals surface area (Å²) in [6.07, 6.45) is 0.645. The Morgan fingerprint density at radius 1 is 0.857 bits per heavy atom. The van der Waals surface area contributed by atoms with E-state index in [0.717, 1.165) is 5.56 Å². The van der Waals surface area contributed by atoms with E-state index in [9.17, 15) is 9.59 Å².